The van der Waals surface area contributed by atoms with Crippen LogP contribution < -0.4 is 0 Å². The van der Waals surface area contributed by atoms with Crippen molar-refractivity contribution < 1.29 is 47.8 Å². The molecule has 0 heterocycles. The summed E-state index contributed by atoms with van der Waals surface area (Å²) in [6.45, 7) is 2.01. The molecule has 0 fully saturated rings. The van der Waals surface area contributed by atoms with Crippen molar-refractivity contribution in [1.82, 2.24) is 0 Å². The summed E-state index contributed by atoms with van der Waals surface area (Å²) < 4.78 is 32.6. The number of phosphoric acid groups is 1. The Bertz CT molecular complexity index is 1390. The first kappa shape index (κ1) is 55.4. The Morgan fingerprint density at radius 1 is 0.508 bits per heavy atom. The summed E-state index contributed by atoms with van der Waals surface area (Å²) in [6, 6.07) is 0. The molecule has 11 heteroatoms. The standard InChI is InChI=1S/C48H75O10P/c1-3-5-7-9-11-13-15-17-19-21-22-24-26-28-30-32-34-36-38-40-48(52)58-46(44-57-59(53,54)56-42-45(50)41-49)43-55-47(51)39-37-35-33-31-29-27-25-23-20-18-16-14-12-10-8-6-4-2/h5-8,11-14,17-20,22,24-25,27-28,30-31,33,45-46,49-50H,3-4,9-10,15-16,21,23,26,29,32,34-44H2,1-2H3,(H,53,54)/b7-5+,8-6+,13-11+,14-12+,19-17+,20-18+,24-22+,27-25+,30-28+,33-31+/t45-,46+/m0/s1. The van der Waals surface area contributed by atoms with E-state index in [2.05, 4.69) is 128 Å². The number of aliphatic hydroxyl groups is 2. The van der Waals surface area contributed by atoms with E-state index in [-0.39, 0.29) is 19.4 Å². The van der Waals surface area contributed by atoms with Gasteiger partial charge in [0, 0.05) is 12.8 Å². The zero-order valence-electron chi connectivity index (χ0n) is 35.9. The van der Waals surface area contributed by atoms with Crippen molar-refractivity contribution in [2.75, 3.05) is 26.4 Å². The molecule has 3 atom stereocenters. The van der Waals surface area contributed by atoms with Gasteiger partial charge >= 0.3 is 19.8 Å². The van der Waals surface area contributed by atoms with E-state index in [9.17, 15) is 24.2 Å². The third-order valence-electron chi connectivity index (χ3n) is 8.11. The fraction of sp³-hybridized carbons (Fsp3) is 0.542. The fourth-order valence-electron chi connectivity index (χ4n) is 4.88. The van der Waals surface area contributed by atoms with Crippen LogP contribution in [-0.4, -0.2) is 65.7 Å². The van der Waals surface area contributed by atoms with E-state index in [1.54, 1.807) is 0 Å². The van der Waals surface area contributed by atoms with Gasteiger partial charge in [-0.1, -0.05) is 142 Å². The van der Waals surface area contributed by atoms with Gasteiger partial charge in [-0.05, 0) is 96.3 Å². The average Bonchev–Trinajstić information content (AvgIpc) is 3.22. The topological polar surface area (TPSA) is 149 Å². The van der Waals surface area contributed by atoms with E-state index < -0.39 is 51.8 Å². The van der Waals surface area contributed by atoms with E-state index in [0.29, 0.717) is 19.3 Å². The summed E-state index contributed by atoms with van der Waals surface area (Å²) in [5.41, 5.74) is 0. The van der Waals surface area contributed by atoms with Crippen molar-refractivity contribution in [2.45, 2.75) is 142 Å². The summed E-state index contributed by atoms with van der Waals surface area (Å²) in [7, 11) is -4.65. The number of ether oxygens (including phenoxy) is 2. The minimum absolute atomic E-state index is 0.124. The molecule has 0 aliphatic rings. The maximum Gasteiger partial charge on any atom is 0.472 e. The Labute approximate surface area is 356 Å². The molecule has 59 heavy (non-hydrogen) atoms. The van der Waals surface area contributed by atoms with Gasteiger partial charge in [-0.3, -0.25) is 18.6 Å². The second kappa shape index (κ2) is 42.5. The van der Waals surface area contributed by atoms with Crippen molar-refractivity contribution in [3.8, 4) is 0 Å². The van der Waals surface area contributed by atoms with Crippen LogP contribution in [0.3, 0.4) is 0 Å². The second-order valence-electron chi connectivity index (χ2n) is 13.6. The number of esters is 2. The molecule has 0 amide bonds. The van der Waals surface area contributed by atoms with Crippen molar-refractivity contribution in [3.05, 3.63) is 122 Å². The van der Waals surface area contributed by atoms with Crippen LogP contribution in [0.5, 0.6) is 0 Å². The van der Waals surface area contributed by atoms with E-state index in [4.69, 9.17) is 19.1 Å². The Balaban J connectivity index is 4.49. The van der Waals surface area contributed by atoms with Gasteiger partial charge in [-0.15, -0.1) is 0 Å². The quantitative estimate of drug-likeness (QED) is 0.0237. The number of carbonyl (C=O) groups excluding carboxylic acids is 2. The molecule has 0 aliphatic carbocycles. The predicted molar refractivity (Wildman–Crippen MR) is 242 cm³/mol. The summed E-state index contributed by atoms with van der Waals surface area (Å²) >= 11 is 0. The number of hydrogen-bond acceptors (Lipinski definition) is 9. The zero-order chi connectivity index (χ0) is 43.3. The first-order valence-corrected chi connectivity index (χ1v) is 23.0. The van der Waals surface area contributed by atoms with Crippen molar-refractivity contribution in [3.63, 3.8) is 0 Å². The predicted octanol–water partition coefficient (Wildman–Crippen LogP) is 11.6. The van der Waals surface area contributed by atoms with Gasteiger partial charge in [0.1, 0.15) is 12.7 Å². The van der Waals surface area contributed by atoms with Gasteiger partial charge < -0.3 is 24.6 Å². The minimum atomic E-state index is -4.65. The summed E-state index contributed by atoms with van der Waals surface area (Å²) in [5.74, 6) is -1.05. The molecule has 0 bridgehead atoms. The van der Waals surface area contributed by atoms with Crippen molar-refractivity contribution in [1.29, 1.82) is 0 Å². The number of allylic oxidation sites excluding steroid dienone is 20. The first-order valence-electron chi connectivity index (χ1n) is 21.5. The molecule has 0 spiro atoms. The highest BCUT2D eigenvalue weighted by Crippen LogP contribution is 2.43. The maximum absolute atomic E-state index is 12.6. The van der Waals surface area contributed by atoms with Crippen LogP contribution in [0, 0.1) is 0 Å². The van der Waals surface area contributed by atoms with Gasteiger partial charge in [0.2, 0.25) is 0 Å². The van der Waals surface area contributed by atoms with Crippen LogP contribution in [0.25, 0.3) is 0 Å². The maximum atomic E-state index is 12.6. The molecule has 0 aliphatic heterocycles. The smallest absolute Gasteiger partial charge is 0.462 e. The molecule has 10 nitrogen and oxygen atoms in total. The number of unbranched alkanes of at least 4 members (excludes halogenated alkanes) is 4. The Kier molecular flexibility index (Phi) is 39.9. The molecule has 0 saturated heterocycles. The van der Waals surface area contributed by atoms with Crippen LogP contribution >= 0.6 is 7.82 Å². The average molecular weight is 843 g/mol. The van der Waals surface area contributed by atoms with Crippen LogP contribution in [0.4, 0.5) is 0 Å². The molecule has 0 aromatic heterocycles. The van der Waals surface area contributed by atoms with Crippen LogP contribution in [-0.2, 0) is 32.7 Å². The molecule has 332 valence electrons. The molecule has 3 N–H and O–H groups in total. The molecule has 0 aromatic rings. The third kappa shape index (κ3) is 42.3. The molecule has 1 unspecified atom stereocenters. The first-order chi connectivity index (χ1) is 28.7. The lowest BCUT2D eigenvalue weighted by Gasteiger charge is -2.20. The Morgan fingerprint density at radius 2 is 0.898 bits per heavy atom. The van der Waals surface area contributed by atoms with Crippen LogP contribution in [0.15, 0.2) is 122 Å². The molecular weight excluding hydrogens is 767 g/mol. The summed E-state index contributed by atoms with van der Waals surface area (Å²) in [6.07, 6.45) is 54.6. The van der Waals surface area contributed by atoms with E-state index in [1.165, 1.54) is 0 Å². The Morgan fingerprint density at radius 3 is 1.34 bits per heavy atom. The van der Waals surface area contributed by atoms with Crippen LogP contribution in [0.1, 0.15) is 129 Å². The van der Waals surface area contributed by atoms with Gasteiger partial charge in [0.15, 0.2) is 6.10 Å². The van der Waals surface area contributed by atoms with Gasteiger partial charge in [-0.2, -0.15) is 0 Å². The van der Waals surface area contributed by atoms with Gasteiger partial charge in [-0.25, -0.2) is 4.57 Å². The fourth-order valence-corrected chi connectivity index (χ4v) is 5.67. The number of aliphatic hydroxyl groups excluding tert-OH is 2. The minimum Gasteiger partial charge on any atom is -0.462 e. The van der Waals surface area contributed by atoms with Crippen LogP contribution in [0.2, 0.25) is 0 Å². The molecule has 0 aromatic carbocycles. The Hall–Kier alpha value is -3.63. The van der Waals surface area contributed by atoms with Gasteiger partial charge in [0.05, 0.1) is 19.8 Å². The zero-order valence-corrected chi connectivity index (χ0v) is 36.8. The number of phosphoric ester groups is 1. The monoisotopic (exact) mass is 843 g/mol. The highest BCUT2D eigenvalue weighted by Gasteiger charge is 2.27. The van der Waals surface area contributed by atoms with Crippen molar-refractivity contribution >= 4 is 19.8 Å². The van der Waals surface area contributed by atoms with E-state index in [1.807, 2.05) is 12.2 Å². The van der Waals surface area contributed by atoms with E-state index >= 15 is 0 Å². The van der Waals surface area contributed by atoms with Crippen molar-refractivity contribution in [2.24, 2.45) is 0 Å². The third-order valence-corrected chi connectivity index (χ3v) is 9.06. The largest absolute Gasteiger partial charge is 0.472 e. The molecule has 0 radical (unpaired) electrons. The number of hydrogen-bond donors (Lipinski definition) is 3. The lowest BCUT2D eigenvalue weighted by molar-refractivity contribution is -0.161. The lowest BCUT2D eigenvalue weighted by Crippen LogP contribution is -2.29. The summed E-state index contributed by atoms with van der Waals surface area (Å²) in [5, 5.41) is 18.3. The SMILES string of the molecule is CC/C=C/C/C=C/C/C=C/C/C=C/C/C=C/CCCCCC(=O)O[C@H](COC(=O)CCC/C=C/C/C=C/C/C=C/C/C=C/C/C=C/CC)COP(=O)(O)OC[C@@H](O)CO. The number of rotatable bonds is 38. The normalized spacial score (nSPS) is 15.0. The number of carbonyl (C=O) groups is 2. The lowest BCUT2D eigenvalue weighted by atomic mass is 10.1. The molecule has 0 rings (SSSR count). The molecular formula is C48H75O10P. The second-order valence-corrected chi connectivity index (χ2v) is 15.1. The highest BCUT2D eigenvalue weighted by molar-refractivity contribution is 7.47. The van der Waals surface area contributed by atoms with E-state index in [0.717, 1.165) is 83.5 Å². The van der Waals surface area contributed by atoms with Gasteiger partial charge in [0.25, 0.3) is 0 Å². The summed E-state index contributed by atoms with van der Waals surface area (Å²) in [4.78, 5) is 35.0. The highest BCUT2D eigenvalue weighted by atomic mass is 31.2. The molecule has 0 saturated carbocycles.